The van der Waals surface area contributed by atoms with Gasteiger partial charge in [0, 0.05) is 19.5 Å². The van der Waals surface area contributed by atoms with E-state index < -0.39 is 0 Å². The van der Waals surface area contributed by atoms with Crippen LogP contribution in [0.2, 0.25) is 0 Å². The Balaban J connectivity index is 1.60. The molecule has 1 N–H and O–H groups in total. The molecule has 1 atom stereocenters. The first kappa shape index (κ1) is 14.7. The van der Waals surface area contributed by atoms with Crippen LogP contribution in [0.3, 0.4) is 0 Å². The minimum absolute atomic E-state index is 0.0271. The molecule has 1 aliphatic heterocycles. The van der Waals surface area contributed by atoms with Gasteiger partial charge in [-0.25, -0.2) is 4.39 Å². The van der Waals surface area contributed by atoms with Gasteiger partial charge >= 0.3 is 0 Å². The fourth-order valence-corrected chi connectivity index (χ4v) is 3.17. The molecule has 0 radical (unpaired) electrons. The van der Waals surface area contributed by atoms with E-state index >= 15 is 0 Å². The van der Waals surface area contributed by atoms with E-state index in [9.17, 15) is 14.0 Å². The summed E-state index contributed by atoms with van der Waals surface area (Å²) < 4.78 is 13.2. The van der Waals surface area contributed by atoms with E-state index in [0.29, 0.717) is 18.0 Å². The van der Waals surface area contributed by atoms with Crippen LogP contribution in [0.1, 0.15) is 21.7 Å². The molecule has 3 rings (SSSR count). The lowest BCUT2D eigenvalue weighted by molar-refractivity contribution is -0.128. The number of carbonyl (C=O) groups excluding carboxylic acids is 2. The maximum Gasteiger partial charge on any atom is 0.261 e. The van der Waals surface area contributed by atoms with E-state index in [0.717, 1.165) is 5.56 Å². The number of thiophene rings is 1. The quantitative estimate of drug-likeness (QED) is 0.941. The van der Waals surface area contributed by atoms with Gasteiger partial charge in [-0.05, 0) is 29.1 Å². The molecule has 1 saturated heterocycles. The molecule has 0 spiro atoms. The number of nitrogens with zero attached hydrogens (tertiary/aromatic N) is 1. The first-order valence-electron chi connectivity index (χ1n) is 6.98. The topological polar surface area (TPSA) is 49.4 Å². The minimum Gasteiger partial charge on any atom is -0.346 e. The number of likely N-dealkylation sites (tertiary alicyclic amines) is 1. The second-order valence-electron chi connectivity index (χ2n) is 5.26. The highest BCUT2D eigenvalue weighted by molar-refractivity contribution is 7.12. The smallest absolute Gasteiger partial charge is 0.261 e. The van der Waals surface area contributed by atoms with Gasteiger partial charge in [0.05, 0.1) is 10.9 Å². The molecule has 0 bridgehead atoms. The Kier molecular flexibility index (Phi) is 4.20. The molecule has 114 valence electrons. The third-order valence-corrected chi connectivity index (χ3v) is 4.43. The van der Waals surface area contributed by atoms with E-state index in [1.54, 1.807) is 23.1 Å². The second kappa shape index (κ2) is 6.27. The Morgan fingerprint density at radius 3 is 2.95 bits per heavy atom. The molecule has 0 unspecified atom stereocenters. The van der Waals surface area contributed by atoms with Crippen LogP contribution in [-0.2, 0) is 11.3 Å². The minimum atomic E-state index is -0.313. The predicted octanol–water partition coefficient (Wildman–Crippen LogP) is 2.42. The van der Waals surface area contributed by atoms with E-state index in [-0.39, 0.29) is 30.1 Å². The van der Waals surface area contributed by atoms with Crippen LogP contribution < -0.4 is 5.32 Å². The van der Waals surface area contributed by atoms with Crippen LogP contribution in [-0.4, -0.2) is 29.3 Å². The summed E-state index contributed by atoms with van der Waals surface area (Å²) >= 11 is 1.37. The largest absolute Gasteiger partial charge is 0.346 e. The number of benzene rings is 1. The van der Waals surface area contributed by atoms with Gasteiger partial charge in [0.2, 0.25) is 5.91 Å². The molecule has 1 aliphatic rings. The Morgan fingerprint density at radius 2 is 2.23 bits per heavy atom. The third kappa shape index (κ3) is 3.33. The molecule has 1 aromatic heterocycles. The molecule has 4 nitrogen and oxygen atoms in total. The fraction of sp³-hybridized carbons (Fsp3) is 0.250. The number of hydrogen-bond donors (Lipinski definition) is 1. The Hall–Kier alpha value is -2.21. The highest BCUT2D eigenvalue weighted by Gasteiger charge is 2.30. The zero-order chi connectivity index (χ0) is 15.5. The van der Waals surface area contributed by atoms with Crippen LogP contribution in [0.15, 0.2) is 41.8 Å². The number of rotatable bonds is 4. The van der Waals surface area contributed by atoms with Crippen molar-refractivity contribution in [3.8, 4) is 0 Å². The van der Waals surface area contributed by atoms with Gasteiger partial charge in [-0.3, -0.25) is 9.59 Å². The average molecular weight is 318 g/mol. The molecule has 0 aliphatic carbocycles. The lowest BCUT2D eigenvalue weighted by Crippen LogP contribution is -2.36. The van der Waals surface area contributed by atoms with Gasteiger partial charge in [-0.1, -0.05) is 18.2 Å². The number of carbonyl (C=O) groups is 2. The van der Waals surface area contributed by atoms with Crippen molar-refractivity contribution in [2.75, 3.05) is 6.54 Å². The van der Waals surface area contributed by atoms with Crippen LogP contribution >= 0.6 is 11.3 Å². The number of amides is 2. The van der Waals surface area contributed by atoms with Crippen LogP contribution in [0.25, 0.3) is 0 Å². The number of halogens is 1. The average Bonchev–Trinajstić information content (AvgIpc) is 3.10. The van der Waals surface area contributed by atoms with Gasteiger partial charge in [0.15, 0.2) is 0 Å². The molecule has 6 heteroatoms. The lowest BCUT2D eigenvalue weighted by atomic mass is 10.2. The zero-order valence-corrected chi connectivity index (χ0v) is 12.6. The Morgan fingerprint density at radius 1 is 1.36 bits per heavy atom. The van der Waals surface area contributed by atoms with Crippen LogP contribution in [0, 0.1) is 5.82 Å². The summed E-state index contributed by atoms with van der Waals surface area (Å²) in [6.45, 7) is 0.814. The third-order valence-electron chi connectivity index (χ3n) is 3.56. The predicted molar refractivity (Wildman–Crippen MR) is 82.0 cm³/mol. The number of hydrogen-bond acceptors (Lipinski definition) is 3. The molecule has 2 heterocycles. The van der Waals surface area contributed by atoms with Crippen molar-refractivity contribution in [1.29, 1.82) is 0 Å². The van der Waals surface area contributed by atoms with E-state index in [1.165, 1.54) is 23.5 Å². The molecular weight excluding hydrogens is 303 g/mol. The first-order chi connectivity index (χ1) is 10.6. The van der Waals surface area contributed by atoms with E-state index in [4.69, 9.17) is 0 Å². The standard InChI is InChI=1S/C16H15FN2O2S/c17-12-4-1-3-11(7-12)9-19-10-13(8-15(19)20)18-16(21)14-5-2-6-22-14/h1-7,13H,8-10H2,(H,18,21)/t13-/m1/s1. The van der Waals surface area contributed by atoms with Gasteiger partial charge in [0.25, 0.3) is 5.91 Å². The molecule has 1 fully saturated rings. The maximum absolute atomic E-state index is 13.2. The fourth-order valence-electron chi connectivity index (χ4n) is 2.54. The van der Waals surface area contributed by atoms with Crippen LogP contribution in [0.4, 0.5) is 4.39 Å². The van der Waals surface area contributed by atoms with Crippen molar-refractivity contribution in [3.05, 3.63) is 58.0 Å². The van der Waals surface area contributed by atoms with Crippen molar-refractivity contribution in [2.45, 2.75) is 19.0 Å². The summed E-state index contributed by atoms with van der Waals surface area (Å²) in [4.78, 5) is 26.3. The monoisotopic (exact) mass is 318 g/mol. The van der Waals surface area contributed by atoms with E-state index in [2.05, 4.69) is 5.32 Å². The summed E-state index contributed by atoms with van der Waals surface area (Å²) in [6, 6.07) is 9.58. The molecule has 2 amide bonds. The summed E-state index contributed by atoms with van der Waals surface area (Å²) in [5.74, 6) is -0.493. The molecule has 1 aromatic carbocycles. The van der Waals surface area contributed by atoms with Gasteiger partial charge < -0.3 is 10.2 Å². The highest BCUT2D eigenvalue weighted by atomic mass is 32.1. The summed E-state index contributed by atoms with van der Waals surface area (Å²) in [6.07, 6.45) is 0.284. The van der Waals surface area contributed by atoms with Crippen molar-refractivity contribution in [1.82, 2.24) is 10.2 Å². The molecule has 22 heavy (non-hydrogen) atoms. The second-order valence-corrected chi connectivity index (χ2v) is 6.20. The first-order valence-corrected chi connectivity index (χ1v) is 7.86. The summed E-state index contributed by atoms with van der Waals surface area (Å²) in [5.41, 5.74) is 0.749. The molecule has 0 saturated carbocycles. The van der Waals surface area contributed by atoms with Gasteiger partial charge in [-0.15, -0.1) is 11.3 Å². The van der Waals surface area contributed by atoms with E-state index in [1.807, 2.05) is 11.4 Å². The Bertz CT molecular complexity index is 687. The normalized spacial score (nSPS) is 17.8. The lowest BCUT2D eigenvalue weighted by Gasteiger charge is -2.17. The zero-order valence-electron chi connectivity index (χ0n) is 11.8. The van der Waals surface area contributed by atoms with Crippen LogP contribution in [0.5, 0.6) is 0 Å². The molecular formula is C16H15FN2O2S. The molecule has 2 aromatic rings. The Labute approximate surface area is 131 Å². The SMILES string of the molecule is O=C(N[C@@H]1CC(=O)N(Cc2cccc(F)c2)C1)c1cccs1. The highest BCUT2D eigenvalue weighted by Crippen LogP contribution is 2.17. The van der Waals surface area contributed by atoms with Crippen molar-refractivity contribution < 1.29 is 14.0 Å². The van der Waals surface area contributed by atoms with Crippen molar-refractivity contribution in [3.63, 3.8) is 0 Å². The number of nitrogens with one attached hydrogen (secondary N) is 1. The van der Waals surface area contributed by atoms with Crippen molar-refractivity contribution >= 4 is 23.2 Å². The van der Waals surface area contributed by atoms with Gasteiger partial charge in [-0.2, -0.15) is 0 Å². The van der Waals surface area contributed by atoms with Crippen molar-refractivity contribution in [2.24, 2.45) is 0 Å². The summed E-state index contributed by atoms with van der Waals surface area (Å²) in [5, 5.41) is 4.71. The summed E-state index contributed by atoms with van der Waals surface area (Å²) in [7, 11) is 0. The van der Waals surface area contributed by atoms with Gasteiger partial charge in [0.1, 0.15) is 5.82 Å². The maximum atomic E-state index is 13.2.